The van der Waals surface area contributed by atoms with Crippen LogP contribution in [0.25, 0.3) is 51.2 Å². The minimum Gasteiger partial charge on any atom is -0.423 e. The molecular formula is C27H22BN3O2. The van der Waals surface area contributed by atoms with E-state index in [1.165, 1.54) is 0 Å². The summed E-state index contributed by atoms with van der Waals surface area (Å²) in [5.74, 6) is 0.538. The first-order valence-corrected chi connectivity index (χ1v) is 10.7. The van der Waals surface area contributed by atoms with Crippen molar-refractivity contribution in [2.45, 2.75) is 6.92 Å². The van der Waals surface area contributed by atoms with Gasteiger partial charge < -0.3 is 10.0 Å². The number of hydrogen-bond acceptors (Lipinski definition) is 4. The molecule has 6 heteroatoms. The van der Waals surface area contributed by atoms with Crippen molar-refractivity contribution in [3.05, 3.63) is 96.7 Å². The van der Waals surface area contributed by atoms with Gasteiger partial charge in [0.15, 0.2) is 0 Å². The van der Waals surface area contributed by atoms with Crippen LogP contribution in [0.3, 0.4) is 0 Å². The van der Waals surface area contributed by atoms with E-state index in [1.54, 1.807) is 18.2 Å². The second kappa shape index (κ2) is 8.50. The Hall–Kier alpha value is -4.00. The summed E-state index contributed by atoms with van der Waals surface area (Å²) in [4.78, 5) is 9.94. The van der Waals surface area contributed by atoms with E-state index in [9.17, 15) is 10.0 Å². The highest BCUT2D eigenvalue weighted by Crippen LogP contribution is 2.33. The lowest BCUT2D eigenvalue weighted by Gasteiger charge is -2.12. The average Bonchev–Trinajstić information content (AvgIpc) is 3.16. The van der Waals surface area contributed by atoms with Gasteiger partial charge in [-0.1, -0.05) is 79.4 Å². The van der Waals surface area contributed by atoms with Crippen LogP contribution in [0.1, 0.15) is 18.2 Å². The van der Waals surface area contributed by atoms with Crippen LogP contribution in [0.15, 0.2) is 85.5 Å². The highest BCUT2D eigenvalue weighted by molar-refractivity contribution is 6.59. The van der Waals surface area contributed by atoms with Gasteiger partial charge in [0.25, 0.3) is 0 Å². The third-order valence-electron chi connectivity index (χ3n) is 5.73. The Morgan fingerprint density at radius 2 is 1.67 bits per heavy atom. The fraction of sp³-hybridized carbons (Fsp3) is 0.0370. The molecule has 3 aromatic carbocycles. The molecule has 0 spiro atoms. The van der Waals surface area contributed by atoms with Gasteiger partial charge in [0.2, 0.25) is 5.95 Å². The number of allylic oxidation sites excluding steroid dienone is 1. The van der Waals surface area contributed by atoms with Gasteiger partial charge in [-0.05, 0) is 30.6 Å². The Kier molecular flexibility index (Phi) is 5.38. The number of nitrogens with zero attached hydrogens (tertiary/aromatic N) is 3. The zero-order chi connectivity index (χ0) is 22.9. The minimum absolute atomic E-state index is 0.416. The highest BCUT2D eigenvalue weighted by Gasteiger charge is 2.21. The second-order valence-corrected chi connectivity index (χ2v) is 7.74. The molecule has 0 unspecified atom stereocenters. The maximum absolute atomic E-state index is 9.71. The summed E-state index contributed by atoms with van der Waals surface area (Å²) in [5.41, 5.74) is 5.74. The van der Waals surface area contributed by atoms with Crippen LogP contribution in [0, 0.1) is 0 Å². The molecule has 0 aliphatic heterocycles. The molecule has 160 valence electrons. The van der Waals surface area contributed by atoms with Gasteiger partial charge in [-0.3, -0.25) is 4.57 Å². The normalized spacial score (nSPS) is 11.5. The minimum atomic E-state index is -1.55. The van der Waals surface area contributed by atoms with Crippen LogP contribution in [0.2, 0.25) is 0 Å². The molecule has 2 N–H and O–H groups in total. The largest absolute Gasteiger partial charge is 0.488 e. The molecule has 0 saturated heterocycles. The number of benzene rings is 3. The van der Waals surface area contributed by atoms with Crippen molar-refractivity contribution in [2.24, 2.45) is 0 Å². The first-order valence-electron chi connectivity index (χ1n) is 10.7. The van der Waals surface area contributed by atoms with Gasteiger partial charge in [-0.2, -0.15) is 0 Å². The summed E-state index contributed by atoms with van der Waals surface area (Å²) in [5, 5.41) is 21.2. The fourth-order valence-electron chi connectivity index (χ4n) is 4.25. The number of fused-ring (bicyclic) bond motifs is 2. The maximum Gasteiger partial charge on any atom is 0.488 e. The molecule has 0 fully saturated rings. The number of rotatable bonds is 5. The van der Waals surface area contributed by atoms with Gasteiger partial charge in [-0.15, -0.1) is 0 Å². The molecule has 33 heavy (non-hydrogen) atoms. The summed E-state index contributed by atoms with van der Waals surface area (Å²) >= 11 is 0. The van der Waals surface area contributed by atoms with Gasteiger partial charge in [0, 0.05) is 21.9 Å². The van der Waals surface area contributed by atoms with Crippen molar-refractivity contribution >= 4 is 46.5 Å². The molecule has 5 rings (SSSR count). The first-order chi connectivity index (χ1) is 16.1. The van der Waals surface area contributed by atoms with Gasteiger partial charge in [-0.25, -0.2) is 9.97 Å². The van der Waals surface area contributed by atoms with Crippen LogP contribution in [-0.4, -0.2) is 31.7 Å². The molecule has 0 saturated carbocycles. The Balaban J connectivity index is 1.89. The zero-order valence-electron chi connectivity index (χ0n) is 18.2. The topological polar surface area (TPSA) is 71.2 Å². The van der Waals surface area contributed by atoms with Gasteiger partial charge in [0.1, 0.15) is 0 Å². The lowest BCUT2D eigenvalue weighted by molar-refractivity contribution is 0.426. The molecule has 0 bridgehead atoms. The van der Waals surface area contributed by atoms with E-state index in [0.29, 0.717) is 11.4 Å². The fourth-order valence-corrected chi connectivity index (χ4v) is 4.25. The lowest BCUT2D eigenvalue weighted by Crippen LogP contribution is -2.29. The number of para-hydroxylation sites is 1. The van der Waals surface area contributed by atoms with E-state index < -0.39 is 7.12 Å². The summed E-state index contributed by atoms with van der Waals surface area (Å²) in [6, 6.07) is 23.4. The van der Waals surface area contributed by atoms with Gasteiger partial charge >= 0.3 is 7.12 Å². The second-order valence-electron chi connectivity index (χ2n) is 7.74. The predicted molar refractivity (Wildman–Crippen MR) is 136 cm³/mol. The zero-order valence-corrected chi connectivity index (χ0v) is 18.2. The van der Waals surface area contributed by atoms with Crippen molar-refractivity contribution < 1.29 is 10.0 Å². The van der Waals surface area contributed by atoms with Crippen molar-refractivity contribution in [2.75, 3.05) is 0 Å². The van der Waals surface area contributed by atoms with Crippen LogP contribution in [0.4, 0.5) is 0 Å². The summed E-state index contributed by atoms with van der Waals surface area (Å²) in [6.45, 7) is 5.96. The Morgan fingerprint density at radius 3 is 2.39 bits per heavy atom. The molecular weight excluding hydrogens is 409 g/mol. The van der Waals surface area contributed by atoms with Crippen molar-refractivity contribution in [1.82, 2.24) is 14.5 Å². The molecule has 5 aromatic rings. The highest BCUT2D eigenvalue weighted by atomic mass is 16.4. The van der Waals surface area contributed by atoms with E-state index in [4.69, 9.17) is 9.97 Å². The number of aromatic nitrogens is 3. The van der Waals surface area contributed by atoms with E-state index in [2.05, 4.69) is 6.58 Å². The Morgan fingerprint density at radius 1 is 0.909 bits per heavy atom. The Bertz CT molecular complexity index is 1520. The summed E-state index contributed by atoms with van der Waals surface area (Å²) < 4.78 is 2.00. The molecule has 0 atom stereocenters. The standard InChI is InChI=1S/C27H22BN3O2/c1-3-10-24-20(4-2)22-17-19(28(32)33)15-16-25(22)31(24)27-29-23-14-9-8-13-21(23)26(30-27)18-11-6-5-7-12-18/h3-17,32-33H,2H2,1H3/b10-3-. The van der Waals surface area contributed by atoms with Crippen LogP contribution >= 0.6 is 0 Å². The van der Waals surface area contributed by atoms with E-state index in [-0.39, 0.29) is 0 Å². The molecule has 0 aliphatic carbocycles. The Labute approximate surface area is 192 Å². The van der Waals surface area contributed by atoms with Gasteiger partial charge in [0.05, 0.1) is 22.4 Å². The lowest BCUT2D eigenvalue weighted by atomic mass is 9.79. The van der Waals surface area contributed by atoms with Crippen LogP contribution in [0.5, 0.6) is 0 Å². The molecule has 0 amide bonds. The maximum atomic E-state index is 9.71. The van der Waals surface area contributed by atoms with Crippen molar-refractivity contribution in [1.29, 1.82) is 0 Å². The average molecular weight is 431 g/mol. The summed E-state index contributed by atoms with van der Waals surface area (Å²) in [6.07, 6.45) is 5.73. The molecule has 2 aromatic heterocycles. The van der Waals surface area contributed by atoms with E-state index in [0.717, 1.165) is 44.3 Å². The third-order valence-corrected chi connectivity index (χ3v) is 5.73. The molecule has 2 heterocycles. The van der Waals surface area contributed by atoms with E-state index in [1.807, 2.05) is 84.3 Å². The predicted octanol–water partition coefficient (Wildman–Crippen LogP) is 4.60. The molecule has 0 radical (unpaired) electrons. The first kappa shape index (κ1) is 20.9. The monoisotopic (exact) mass is 431 g/mol. The SMILES string of the molecule is C=Cc1c(/C=C\C)n(-c2nc(-c3ccccc3)c3ccccc3n2)c2ccc(B(O)O)cc12. The van der Waals surface area contributed by atoms with Crippen LogP contribution in [-0.2, 0) is 0 Å². The third kappa shape index (κ3) is 3.55. The quantitative estimate of drug-likeness (QED) is 0.399. The van der Waals surface area contributed by atoms with Crippen molar-refractivity contribution in [3.63, 3.8) is 0 Å². The van der Waals surface area contributed by atoms with E-state index >= 15 is 0 Å². The molecule has 5 nitrogen and oxygen atoms in total. The number of hydrogen-bond donors (Lipinski definition) is 2. The van der Waals surface area contributed by atoms with Crippen LogP contribution < -0.4 is 5.46 Å². The smallest absolute Gasteiger partial charge is 0.423 e. The van der Waals surface area contributed by atoms with Crippen molar-refractivity contribution in [3.8, 4) is 17.2 Å². The summed E-state index contributed by atoms with van der Waals surface area (Å²) in [7, 11) is -1.55. The molecule has 0 aliphatic rings.